The highest BCUT2D eigenvalue weighted by atomic mass is 32.1. The molecule has 0 amide bonds. The number of benzene rings is 11. The predicted octanol–water partition coefficient (Wildman–Crippen LogP) is 17.4. The fraction of sp³-hybridized carbons (Fsp3) is 0. The van der Waals surface area contributed by atoms with E-state index in [0.717, 1.165) is 98.8 Å². The van der Waals surface area contributed by atoms with Crippen molar-refractivity contribution in [3.05, 3.63) is 218 Å². The van der Waals surface area contributed by atoms with Crippen molar-refractivity contribution < 1.29 is 4.42 Å². The number of aromatic nitrogens is 4. The van der Waals surface area contributed by atoms with Crippen LogP contribution in [0.2, 0.25) is 0 Å². The lowest BCUT2D eigenvalue weighted by Gasteiger charge is -2.17. The first-order valence-corrected chi connectivity index (χ1v) is 24.1. The van der Waals surface area contributed by atoms with Crippen LogP contribution in [0.5, 0.6) is 0 Å². The van der Waals surface area contributed by atoms with Gasteiger partial charge < -0.3 is 8.98 Å². The third-order valence-electron chi connectivity index (χ3n) is 14.0. The van der Waals surface area contributed by atoms with Gasteiger partial charge in [0, 0.05) is 58.4 Å². The number of rotatable bonds is 5. The van der Waals surface area contributed by atoms with E-state index in [-0.39, 0.29) is 0 Å². The van der Waals surface area contributed by atoms with Gasteiger partial charge in [-0.25, -0.2) is 15.0 Å². The van der Waals surface area contributed by atoms with E-state index in [0.29, 0.717) is 17.5 Å². The lowest BCUT2D eigenvalue weighted by molar-refractivity contribution is 0.669. The predicted molar refractivity (Wildman–Crippen MR) is 289 cm³/mol. The van der Waals surface area contributed by atoms with Gasteiger partial charge in [0.25, 0.3) is 0 Å². The van der Waals surface area contributed by atoms with Gasteiger partial charge in [-0.3, -0.25) is 0 Å². The van der Waals surface area contributed by atoms with E-state index in [2.05, 4.69) is 217 Å². The molecule has 0 aliphatic heterocycles. The Morgan fingerprint density at radius 3 is 1.75 bits per heavy atom. The maximum Gasteiger partial charge on any atom is 0.166 e. The smallest absolute Gasteiger partial charge is 0.166 e. The molecule has 15 rings (SSSR count). The first kappa shape index (κ1) is 38.2. The molecule has 0 spiro atoms. The Balaban J connectivity index is 1.10. The molecule has 0 unspecified atom stereocenters. The van der Waals surface area contributed by atoms with E-state index in [4.69, 9.17) is 19.4 Å². The molecule has 4 aromatic heterocycles. The van der Waals surface area contributed by atoms with Crippen molar-refractivity contribution in [2.24, 2.45) is 0 Å². The van der Waals surface area contributed by atoms with Gasteiger partial charge >= 0.3 is 0 Å². The number of hydrogen-bond acceptors (Lipinski definition) is 5. The van der Waals surface area contributed by atoms with Crippen molar-refractivity contribution >= 4 is 108 Å². The topological polar surface area (TPSA) is 56.7 Å². The number of hydrogen-bond donors (Lipinski definition) is 0. The van der Waals surface area contributed by atoms with E-state index in [9.17, 15) is 0 Å². The maximum absolute atomic E-state index is 6.92. The quantitative estimate of drug-likeness (QED) is 0.173. The summed E-state index contributed by atoms with van der Waals surface area (Å²) in [6.07, 6.45) is 0. The Kier molecular flexibility index (Phi) is 8.17. The first-order valence-electron chi connectivity index (χ1n) is 23.2. The Morgan fingerprint density at radius 2 is 0.957 bits per heavy atom. The summed E-state index contributed by atoms with van der Waals surface area (Å²) < 4.78 is 11.8. The van der Waals surface area contributed by atoms with Crippen molar-refractivity contribution in [1.29, 1.82) is 0 Å². The van der Waals surface area contributed by atoms with Gasteiger partial charge in [0.05, 0.1) is 22.1 Å². The molecule has 11 aromatic carbocycles. The molecule has 6 heteroatoms. The molecule has 0 aliphatic carbocycles. The highest BCUT2D eigenvalue weighted by Crippen LogP contribution is 2.47. The number of thiophene rings is 1. The van der Waals surface area contributed by atoms with Gasteiger partial charge in [-0.2, -0.15) is 0 Å². The van der Waals surface area contributed by atoms with Crippen molar-refractivity contribution in [2.75, 3.05) is 0 Å². The van der Waals surface area contributed by atoms with Crippen LogP contribution in [0.3, 0.4) is 0 Å². The van der Waals surface area contributed by atoms with Crippen LogP contribution in [0, 0.1) is 0 Å². The van der Waals surface area contributed by atoms with Crippen molar-refractivity contribution in [3.63, 3.8) is 0 Å². The van der Waals surface area contributed by atoms with Gasteiger partial charge in [0.15, 0.2) is 17.5 Å². The van der Waals surface area contributed by atoms with Crippen LogP contribution in [-0.2, 0) is 0 Å². The number of furan rings is 1. The molecule has 0 aliphatic rings. The molecule has 15 aromatic rings. The highest BCUT2D eigenvalue weighted by Gasteiger charge is 2.26. The molecule has 0 fully saturated rings. The molecule has 4 heterocycles. The fourth-order valence-electron chi connectivity index (χ4n) is 10.8. The third-order valence-corrected chi connectivity index (χ3v) is 15.1. The first-order chi connectivity index (χ1) is 34.2. The summed E-state index contributed by atoms with van der Waals surface area (Å²) in [6.45, 7) is 0. The second-order valence-electron chi connectivity index (χ2n) is 17.9. The zero-order valence-corrected chi connectivity index (χ0v) is 37.7. The molecule has 5 nitrogen and oxygen atoms in total. The van der Waals surface area contributed by atoms with E-state index < -0.39 is 0 Å². The van der Waals surface area contributed by atoms with Crippen LogP contribution in [0.15, 0.2) is 223 Å². The normalized spacial score (nSPS) is 12.1. The number of fused-ring (bicyclic) bond motifs is 13. The van der Waals surface area contributed by atoms with Gasteiger partial charge in [-0.15, -0.1) is 11.3 Å². The zero-order chi connectivity index (χ0) is 45.2. The monoisotopic (exact) mass is 896 g/mol. The van der Waals surface area contributed by atoms with E-state index >= 15 is 0 Å². The average Bonchev–Trinajstić information content (AvgIpc) is 4.08. The summed E-state index contributed by atoms with van der Waals surface area (Å²) >= 11 is 1.79. The minimum Gasteiger partial charge on any atom is -0.456 e. The Labute approximate surface area is 398 Å². The molecule has 0 saturated heterocycles. The molecular weight excluding hydrogens is 861 g/mol. The summed E-state index contributed by atoms with van der Waals surface area (Å²) in [4.78, 5) is 16.5. The van der Waals surface area contributed by atoms with Crippen molar-refractivity contribution in [1.82, 2.24) is 19.5 Å². The lowest BCUT2D eigenvalue weighted by atomic mass is 10.0. The second-order valence-corrected chi connectivity index (χ2v) is 19.0. The van der Waals surface area contributed by atoms with Crippen LogP contribution < -0.4 is 0 Å². The fourth-order valence-corrected chi connectivity index (χ4v) is 11.9. The summed E-state index contributed by atoms with van der Waals surface area (Å²) in [5, 5.41) is 13.6. The highest BCUT2D eigenvalue weighted by molar-refractivity contribution is 7.25. The molecule has 0 saturated carbocycles. The molecule has 320 valence electrons. The van der Waals surface area contributed by atoms with Gasteiger partial charge in [-0.05, 0) is 86.6 Å². The summed E-state index contributed by atoms with van der Waals surface area (Å²) in [5.41, 5.74) is 9.78. The van der Waals surface area contributed by atoms with E-state index in [1.807, 2.05) is 6.07 Å². The maximum atomic E-state index is 6.92. The summed E-state index contributed by atoms with van der Waals surface area (Å²) in [6, 6.07) is 78.0. The standard InChI is InChI=1S/C63H36N4OS/c1-2-13-37(14-3-1)38-25-27-40(28-26-38)61-64-62(48-22-12-24-56-57(48)47-21-10-11-23-55(47)69-56)66-63(65-61)49-31-32-53-58(51-34-42-17-5-7-19-44(42)36-54(51)68-53)60(49)67-52-35-43-18-6-4-16-41(43)33-50(52)46-30-29-39-15-8-9-20-45(39)59(46)67/h1-36H. The zero-order valence-electron chi connectivity index (χ0n) is 36.9. The Bertz CT molecular complexity index is 4600. The molecule has 0 N–H and O–H groups in total. The van der Waals surface area contributed by atoms with Crippen LogP contribution in [-0.4, -0.2) is 19.5 Å². The third kappa shape index (κ3) is 5.86. The minimum absolute atomic E-state index is 0.571. The molecule has 0 bridgehead atoms. The van der Waals surface area contributed by atoms with Gasteiger partial charge in [0.1, 0.15) is 11.2 Å². The Morgan fingerprint density at radius 1 is 0.348 bits per heavy atom. The van der Waals surface area contributed by atoms with Crippen LogP contribution in [0.25, 0.3) is 147 Å². The van der Waals surface area contributed by atoms with Crippen LogP contribution >= 0.6 is 11.3 Å². The largest absolute Gasteiger partial charge is 0.456 e. The van der Waals surface area contributed by atoms with Gasteiger partial charge in [0.2, 0.25) is 0 Å². The Hall–Kier alpha value is -8.97. The summed E-state index contributed by atoms with van der Waals surface area (Å²) in [5.74, 6) is 1.78. The lowest BCUT2D eigenvalue weighted by Crippen LogP contribution is -2.04. The molecule has 0 radical (unpaired) electrons. The molecular formula is C63H36N4OS. The van der Waals surface area contributed by atoms with Crippen molar-refractivity contribution in [2.45, 2.75) is 0 Å². The second kappa shape index (κ2) is 14.8. The molecule has 69 heavy (non-hydrogen) atoms. The van der Waals surface area contributed by atoms with Crippen LogP contribution in [0.1, 0.15) is 0 Å². The minimum atomic E-state index is 0.571. The van der Waals surface area contributed by atoms with E-state index in [1.165, 1.54) is 30.9 Å². The average molecular weight is 897 g/mol. The van der Waals surface area contributed by atoms with E-state index in [1.54, 1.807) is 11.3 Å². The van der Waals surface area contributed by atoms with Crippen molar-refractivity contribution in [3.8, 4) is 51.0 Å². The molecule has 0 atom stereocenters. The summed E-state index contributed by atoms with van der Waals surface area (Å²) in [7, 11) is 0. The number of nitrogens with zero attached hydrogens (tertiary/aromatic N) is 4. The van der Waals surface area contributed by atoms with Gasteiger partial charge in [-0.1, -0.05) is 170 Å². The van der Waals surface area contributed by atoms with Crippen LogP contribution in [0.4, 0.5) is 0 Å². The SMILES string of the molecule is c1ccc(-c2ccc(-c3nc(-c4ccc5oc6cc7ccccc7cc6c5c4-n4c5cc6ccccc6cc5c5ccc6ccccc6c54)nc(-c4cccc5sc6ccccc6c45)n3)cc2)cc1.